The monoisotopic (exact) mass is 549 g/mol. The summed E-state index contributed by atoms with van der Waals surface area (Å²) in [6, 6.07) is 8.64. The molecule has 3 rings (SSSR count). The molecule has 0 bridgehead atoms. The lowest BCUT2D eigenvalue weighted by Gasteiger charge is -2.14. The minimum absolute atomic E-state index is 0.0425. The van der Waals surface area contributed by atoms with Gasteiger partial charge in [0.15, 0.2) is 18.1 Å². The molecule has 0 spiro atoms. The molecule has 34 heavy (non-hydrogen) atoms. The molecule has 0 atom stereocenters. The van der Waals surface area contributed by atoms with Crippen LogP contribution in [-0.2, 0) is 9.53 Å². The molecule has 0 amide bonds. The van der Waals surface area contributed by atoms with Crippen molar-refractivity contribution in [1.82, 2.24) is 9.66 Å². The molecule has 1 aromatic heterocycles. The Morgan fingerprint density at radius 1 is 1.21 bits per heavy atom. The second kappa shape index (κ2) is 11.5. The summed E-state index contributed by atoms with van der Waals surface area (Å²) in [5.74, 6) is 0.548. The lowest BCUT2D eigenvalue weighted by molar-refractivity contribution is -0.145. The van der Waals surface area contributed by atoms with Crippen LogP contribution in [0.3, 0.4) is 0 Å². The smallest absolute Gasteiger partial charge is 0.344 e. The van der Waals surface area contributed by atoms with Crippen molar-refractivity contribution >= 4 is 50.6 Å². The molecule has 8 nitrogen and oxygen atoms in total. The number of aromatic nitrogens is 2. The Balaban J connectivity index is 2.02. The van der Waals surface area contributed by atoms with E-state index >= 15 is 0 Å². The van der Waals surface area contributed by atoms with Crippen LogP contribution >= 0.6 is 27.5 Å². The second-order valence-electron chi connectivity index (χ2n) is 7.50. The Kier molecular flexibility index (Phi) is 8.68. The molecular weight excluding hydrogens is 526 g/mol. The maximum Gasteiger partial charge on any atom is 0.344 e. The molecule has 0 N–H and O–H groups in total. The number of carbonyl (C=O) groups is 1. The molecule has 1 heterocycles. The van der Waals surface area contributed by atoms with Gasteiger partial charge in [0.2, 0.25) is 0 Å². The Bertz CT molecular complexity index is 1290. The molecule has 0 fully saturated rings. The van der Waals surface area contributed by atoms with Gasteiger partial charge in [0, 0.05) is 10.4 Å². The van der Waals surface area contributed by atoms with Crippen molar-refractivity contribution in [2.75, 3.05) is 19.8 Å². The summed E-state index contributed by atoms with van der Waals surface area (Å²) in [4.78, 5) is 29.5. The third-order valence-corrected chi connectivity index (χ3v) is 5.42. The number of ether oxygens (including phenoxy) is 3. The zero-order chi connectivity index (χ0) is 24.8. The standard InChI is InChI=1S/C24H25BrClN3O5/c1-5-32-20-10-15(9-18(26)22(20)34-13-21(30)33-6-2)12-27-29-23(14(3)4)28-19-8-7-16(25)11-17(19)24(29)31/h7-12,14H,5-6,13H2,1-4H3. The summed E-state index contributed by atoms with van der Waals surface area (Å²) in [6.07, 6.45) is 1.50. The van der Waals surface area contributed by atoms with Gasteiger partial charge in [-0.25, -0.2) is 9.78 Å². The molecule has 0 aliphatic heterocycles. The number of hydrogen-bond donors (Lipinski definition) is 0. The van der Waals surface area contributed by atoms with Crippen molar-refractivity contribution in [3.63, 3.8) is 0 Å². The van der Waals surface area contributed by atoms with Crippen molar-refractivity contribution < 1.29 is 19.0 Å². The fraction of sp³-hybridized carbons (Fsp3) is 0.333. The van der Waals surface area contributed by atoms with Gasteiger partial charge in [0.1, 0.15) is 5.82 Å². The van der Waals surface area contributed by atoms with Crippen LogP contribution in [0.2, 0.25) is 5.02 Å². The van der Waals surface area contributed by atoms with Crippen LogP contribution in [0.1, 0.15) is 45.0 Å². The number of hydrogen-bond acceptors (Lipinski definition) is 7. The fourth-order valence-corrected chi connectivity index (χ4v) is 3.81. The second-order valence-corrected chi connectivity index (χ2v) is 8.83. The Morgan fingerprint density at radius 2 is 1.97 bits per heavy atom. The van der Waals surface area contributed by atoms with Gasteiger partial charge in [-0.2, -0.15) is 9.78 Å². The van der Waals surface area contributed by atoms with E-state index in [9.17, 15) is 9.59 Å². The van der Waals surface area contributed by atoms with Gasteiger partial charge in [0.25, 0.3) is 5.56 Å². The van der Waals surface area contributed by atoms with E-state index in [0.29, 0.717) is 34.6 Å². The predicted molar refractivity (Wildman–Crippen MR) is 136 cm³/mol. The lowest BCUT2D eigenvalue weighted by atomic mass is 10.2. The summed E-state index contributed by atoms with van der Waals surface area (Å²) in [5, 5.41) is 5.10. The summed E-state index contributed by atoms with van der Waals surface area (Å²) in [5.41, 5.74) is 0.901. The van der Waals surface area contributed by atoms with Gasteiger partial charge >= 0.3 is 5.97 Å². The first-order chi connectivity index (χ1) is 16.2. The summed E-state index contributed by atoms with van der Waals surface area (Å²) >= 11 is 9.81. The SMILES string of the molecule is CCOC(=O)COc1c(Cl)cc(C=Nn2c(C(C)C)nc3ccc(Br)cc3c2=O)cc1OCC. The van der Waals surface area contributed by atoms with Gasteiger partial charge in [0.05, 0.1) is 35.4 Å². The van der Waals surface area contributed by atoms with Crippen LogP contribution in [-0.4, -0.2) is 41.7 Å². The number of carbonyl (C=O) groups excluding carboxylic acids is 1. The molecule has 2 aromatic carbocycles. The van der Waals surface area contributed by atoms with Gasteiger partial charge < -0.3 is 14.2 Å². The highest BCUT2D eigenvalue weighted by atomic mass is 79.9. The van der Waals surface area contributed by atoms with E-state index in [4.69, 9.17) is 25.8 Å². The summed E-state index contributed by atoms with van der Waals surface area (Å²) < 4.78 is 18.1. The number of esters is 1. The Morgan fingerprint density at radius 3 is 2.65 bits per heavy atom. The quantitative estimate of drug-likeness (QED) is 0.270. The van der Waals surface area contributed by atoms with Gasteiger partial charge in [-0.15, -0.1) is 0 Å². The fourth-order valence-electron chi connectivity index (χ4n) is 3.17. The number of rotatable bonds is 9. The number of fused-ring (bicyclic) bond motifs is 1. The molecule has 0 aliphatic carbocycles. The first-order valence-electron chi connectivity index (χ1n) is 10.8. The number of nitrogens with zero attached hydrogens (tertiary/aromatic N) is 3. The van der Waals surface area contributed by atoms with Crippen LogP contribution in [0.15, 0.2) is 44.7 Å². The molecule has 0 saturated heterocycles. The average Bonchev–Trinajstić information content (AvgIpc) is 2.78. The topological polar surface area (TPSA) is 92.0 Å². The number of halogens is 2. The van der Waals surface area contributed by atoms with Crippen molar-refractivity contribution in [3.8, 4) is 11.5 Å². The summed E-state index contributed by atoms with van der Waals surface area (Å²) in [7, 11) is 0. The minimum atomic E-state index is -0.511. The maximum absolute atomic E-state index is 13.2. The van der Waals surface area contributed by atoms with Crippen molar-refractivity contribution in [2.24, 2.45) is 5.10 Å². The van der Waals surface area contributed by atoms with Crippen LogP contribution in [0.4, 0.5) is 0 Å². The third kappa shape index (κ3) is 5.95. The molecule has 3 aromatic rings. The highest BCUT2D eigenvalue weighted by Gasteiger charge is 2.16. The van der Waals surface area contributed by atoms with E-state index in [0.717, 1.165) is 4.47 Å². The molecule has 0 unspecified atom stereocenters. The van der Waals surface area contributed by atoms with Gasteiger partial charge in [-0.1, -0.05) is 41.4 Å². The Hall–Kier alpha value is -2.91. The minimum Gasteiger partial charge on any atom is -0.490 e. The largest absolute Gasteiger partial charge is 0.490 e. The van der Waals surface area contributed by atoms with Crippen LogP contribution in [0.25, 0.3) is 10.9 Å². The molecule has 180 valence electrons. The van der Waals surface area contributed by atoms with Crippen LogP contribution in [0, 0.1) is 0 Å². The first-order valence-corrected chi connectivity index (χ1v) is 11.9. The summed E-state index contributed by atoms with van der Waals surface area (Å²) in [6.45, 7) is 7.72. The van der Waals surface area contributed by atoms with Crippen molar-refractivity contribution in [1.29, 1.82) is 0 Å². The van der Waals surface area contributed by atoms with E-state index in [1.807, 2.05) is 26.8 Å². The van der Waals surface area contributed by atoms with Crippen molar-refractivity contribution in [2.45, 2.75) is 33.6 Å². The van der Waals surface area contributed by atoms with E-state index in [1.165, 1.54) is 10.9 Å². The first kappa shape index (κ1) is 25.7. The van der Waals surface area contributed by atoms with Gasteiger partial charge in [-0.3, -0.25) is 4.79 Å². The van der Waals surface area contributed by atoms with E-state index in [1.54, 1.807) is 31.2 Å². The highest BCUT2D eigenvalue weighted by Crippen LogP contribution is 2.36. The van der Waals surface area contributed by atoms with Crippen molar-refractivity contribution in [3.05, 3.63) is 61.6 Å². The zero-order valence-corrected chi connectivity index (χ0v) is 21.6. The third-order valence-electron chi connectivity index (χ3n) is 4.64. The number of benzene rings is 2. The maximum atomic E-state index is 13.2. The van der Waals surface area contributed by atoms with E-state index in [2.05, 4.69) is 26.0 Å². The average molecular weight is 551 g/mol. The zero-order valence-electron chi connectivity index (χ0n) is 19.3. The molecule has 10 heteroatoms. The lowest BCUT2D eigenvalue weighted by Crippen LogP contribution is -2.23. The Labute approximate surface area is 210 Å². The molecular formula is C24H25BrClN3O5. The van der Waals surface area contributed by atoms with Crippen LogP contribution < -0.4 is 15.0 Å². The molecule has 0 aliphatic rings. The van der Waals surface area contributed by atoms with E-state index < -0.39 is 5.97 Å². The molecule has 0 saturated carbocycles. The molecule has 0 radical (unpaired) electrons. The normalized spacial score (nSPS) is 11.4. The highest BCUT2D eigenvalue weighted by molar-refractivity contribution is 9.10. The predicted octanol–water partition coefficient (Wildman–Crippen LogP) is 5.16. The van der Waals surface area contributed by atoms with Crippen LogP contribution in [0.5, 0.6) is 11.5 Å². The van der Waals surface area contributed by atoms with Gasteiger partial charge in [-0.05, 0) is 49.7 Å². The van der Waals surface area contributed by atoms with E-state index in [-0.39, 0.29) is 35.5 Å².